The molecule has 1 aromatic heterocycles. The minimum absolute atomic E-state index is 0.201. The van der Waals surface area contributed by atoms with Gasteiger partial charge in [-0.25, -0.2) is 0 Å². The molecule has 9 nitrogen and oxygen atoms in total. The normalized spacial score (nSPS) is 23.1. The van der Waals surface area contributed by atoms with Gasteiger partial charge in [0.1, 0.15) is 24.2 Å². The van der Waals surface area contributed by atoms with Crippen molar-refractivity contribution in [2.75, 3.05) is 6.54 Å². The molecule has 0 saturated carbocycles. The number of H-pyrrole nitrogens is 1. The van der Waals surface area contributed by atoms with Crippen molar-refractivity contribution in [3.05, 3.63) is 108 Å². The van der Waals surface area contributed by atoms with Crippen LogP contribution in [0.5, 0.6) is 0 Å². The number of aromatic nitrogens is 1. The Labute approximate surface area is 250 Å². The van der Waals surface area contributed by atoms with Crippen LogP contribution in [0.15, 0.2) is 91.1 Å². The highest BCUT2D eigenvalue weighted by Crippen LogP contribution is 2.22. The fourth-order valence-corrected chi connectivity index (χ4v) is 6.15. The molecule has 0 unspecified atom stereocenters. The lowest BCUT2D eigenvalue weighted by Gasteiger charge is -2.32. The van der Waals surface area contributed by atoms with Crippen LogP contribution in [-0.2, 0) is 38.4 Å². The fraction of sp³-hybridized carbons (Fsp3) is 0.294. The first-order chi connectivity index (χ1) is 21.0. The van der Waals surface area contributed by atoms with Crippen molar-refractivity contribution in [3.8, 4) is 0 Å². The van der Waals surface area contributed by atoms with E-state index in [1.807, 2.05) is 91.1 Å². The zero-order valence-corrected chi connectivity index (χ0v) is 23.8. The lowest BCUT2D eigenvalue weighted by molar-refractivity contribution is -0.143. The molecule has 2 fully saturated rings. The number of carbonyl (C=O) groups excluding carboxylic acids is 4. The van der Waals surface area contributed by atoms with E-state index in [-0.39, 0.29) is 31.1 Å². The highest BCUT2D eigenvalue weighted by molar-refractivity contribution is 5.98. The Morgan fingerprint density at radius 3 is 1.88 bits per heavy atom. The number of hydrogen-bond acceptors (Lipinski definition) is 4. The molecule has 0 radical (unpaired) electrons. The van der Waals surface area contributed by atoms with Gasteiger partial charge in [0.25, 0.3) is 0 Å². The molecule has 4 aromatic rings. The van der Waals surface area contributed by atoms with Gasteiger partial charge in [0.05, 0.1) is 0 Å². The molecular weight excluding hydrogens is 542 g/mol. The minimum Gasteiger partial charge on any atom is -0.361 e. The third kappa shape index (κ3) is 6.30. The third-order valence-corrected chi connectivity index (χ3v) is 8.38. The van der Waals surface area contributed by atoms with Crippen LogP contribution in [0.3, 0.4) is 0 Å². The molecule has 3 heterocycles. The summed E-state index contributed by atoms with van der Waals surface area (Å²) in [7, 11) is 0. The van der Waals surface area contributed by atoms with Crippen LogP contribution < -0.4 is 16.0 Å². The Hall–Kier alpha value is -4.92. The summed E-state index contributed by atoms with van der Waals surface area (Å²) in [5.74, 6) is -1.56. The standard InChI is InChI=1S/C34H35N5O4/c40-31-27(18-22-10-3-1-4-11-22)37-33(42)30-16-9-17-39(30)34(43)29(19-23-12-5-2-6-13-23)38-32(41)28(36-31)20-24-21-35-26-15-8-7-14-25(24)26/h1-8,10-15,21,27-30,35H,9,16-20H2,(H,36,40)(H,37,42)(H,38,41)/t27-,28-,29+,30-/m0/s1. The lowest BCUT2D eigenvalue weighted by Crippen LogP contribution is -2.62. The molecule has 0 aliphatic carbocycles. The molecule has 43 heavy (non-hydrogen) atoms. The van der Waals surface area contributed by atoms with Crippen molar-refractivity contribution in [1.29, 1.82) is 0 Å². The molecule has 4 N–H and O–H groups in total. The Bertz CT molecular complexity index is 1620. The van der Waals surface area contributed by atoms with Crippen LogP contribution >= 0.6 is 0 Å². The van der Waals surface area contributed by atoms with Crippen LogP contribution in [0.1, 0.15) is 29.5 Å². The van der Waals surface area contributed by atoms with Crippen molar-refractivity contribution >= 4 is 34.5 Å². The average Bonchev–Trinajstić information content (AvgIpc) is 3.68. The number of amides is 4. The number of carbonyl (C=O) groups is 4. The van der Waals surface area contributed by atoms with E-state index in [4.69, 9.17) is 0 Å². The molecule has 2 aliphatic rings. The van der Waals surface area contributed by atoms with E-state index in [9.17, 15) is 19.2 Å². The number of aromatic amines is 1. The Morgan fingerprint density at radius 2 is 1.19 bits per heavy atom. The first-order valence-electron chi connectivity index (χ1n) is 14.8. The molecule has 6 rings (SSSR count). The first-order valence-corrected chi connectivity index (χ1v) is 14.8. The molecular formula is C34H35N5O4. The number of para-hydroxylation sites is 1. The summed E-state index contributed by atoms with van der Waals surface area (Å²) in [4.78, 5) is 60.3. The van der Waals surface area contributed by atoms with Gasteiger partial charge < -0.3 is 25.8 Å². The van der Waals surface area contributed by atoms with E-state index in [1.165, 1.54) is 0 Å². The summed E-state index contributed by atoms with van der Waals surface area (Å²) < 4.78 is 0. The predicted octanol–water partition coefficient (Wildman–Crippen LogP) is 2.65. The van der Waals surface area contributed by atoms with Gasteiger partial charge in [-0.05, 0) is 35.6 Å². The molecule has 3 aromatic carbocycles. The third-order valence-electron chi connectivity index (χ3n) is 8.38. The molecule has 2 saturated heterocycles. The number of benzene rings is 3. The average molecular weight is 578 g/mol. The zero-order chi connectivity index (χ0) is 29.8. The number of fused-ring (bicyclic) bond motifs is 2. The smallest absolute Gasteiger partial charge is 0.246 e. The maximum Gasteiger partial charge on any atom is 0.246 e. The number of nitrogens with zero attached hydrogens (tertiary/aromatic N) is 1. The molecule has 220 valence electrons. The van der Waals surface area contributed by atoms with Gasteiger partial charge in [-0.1, -0.05) is 78.9 Å². The van der Waals surface area contributed by atoms with Crippen molar-refractivity contribution < 1.29 is 19.2 Å². The van der Waals surface area contributed by atoms with Crippen molar-refractivity contribution in [2.24, 2.45) is 0 Å². The Morgan fingerprint density at radius 1 is 0.628 bits per heavy atom. The Balaban J connectivity index is 1.36. The monoisotopic (exact) mass is 577 g/mol. The van der Waals surface area contributed by atoms with Crippen LogP contribution in [0.4, 0.5) is 0 Å². The SMILES string of the molecule is O=C1N[C@H](Cc2ccccc2)C(=O)N2CCC[C@H]2C(=O)N[C@@H](Cc2ccccc2)C(=O)N[C@H]1Cc1c[nH]c2ccccc12. The number of hydrogen-bond donors (Lipinski definition) is 4. The van der Waals surface area contributed by atoms with Gasteiger partial charge in [0, 0.05) is 42.9 Å². The fourth-order valence-electron chi connectivity index (χ4n) is 6.15. The maximum absolute atomic E-state index is 14.0. The molecule has 0 spiro atoms. The topological polar surface area (TPSA) is 123 Å². The quantitative estimate of drug-likeness (QED) is 0.281. The van der Waals surface area contributed by atoms with Gasteiger partial charge in [0.2, 0.25) is 23.6 Å². The predicted molar refractivity (Wildman–Crippen MR) is 163 cm³/mol. The summed E-state index contributed by atoms with van der Waals surface area (Å²) in [6.07, 6.45) is 3.70. The summed E-state index contributed by atoms with van der Waals surface area (Å²) in [5.41, 5.74) is 3.53. The van der Waals surface area contributed by atoms with Crippen LogP contribution in [0.2, 0.25) is 0 Å². The second-order valence-corrected chi connectivity index (χ2v) is 11.3. The number of rotatable bonds is 6. The van der Waals surface area contributed by atoms with Crippen molar-refractivity contribution in [3.63, 3.8) is 0 Å². The van der Waals surface area contributed by atoms with E-state index >= 15 is 0 Å². The highest BCUT2D eigenvalue weighted by atomic mass is 16.2. The molecule has 9 heteroatoms. The summed E-state index contributed by atoms with van der Waals surface area (Å²) in [6, 6.07) is 23.1. The molecule has 2 aliphatic heterocycles. The largest absolute Gasteiger partial charge is 0.361 e. The van der Waals surface area contributed by atoms with Gasteiger partial charge in [0.15, 0.2) is 0 Å². The van der Waals surface area contributed by atoms with E-state index in [0.717, 1.165) is 27.6 Å². The Kier molecular flexibility index (Phi) is 8.22. The van der Waals surface area contributed by atoms with Crippen LogP contribution in [0.25, 0.3) is 10.9 Å². The van der Waals surface area contributed by atoms with Crippen molar-refractivity contribution in [1.82, 2.24) is 25.8 Å². The molecule has 0 bridgehead atoms. The number of nitrogens with one attached hydrogen (secondary N) is 4. The van der Waals surface area contributed by atoms with Gasteiger partial charge in [-0.2, -0.15) is 0 Å². The molecule has 4 amide bonds. The van der Waals surface area contributed by atoms with E-state index in [1.54, 1.807) is 4.90 Å². The van der Waals surface area contributed by atoms with E-state index in [0.29, 0.717) is 19.4 Å². The summed E-state index contributed by atoms with van der Waals surface area (Å²) >= 11 is 0. The van der Waals surface area contributed by atoms with E-state index < -0.39 is 36.0 Å². The van der Waals surface area contributed by atoms with Crippen LogP contribution in [0, 0.1) is 0 Å². The van der Waals surface area contributed by atoms with Crippen molar-refractivity contribution in [2.45, 2.75) is 56.3 Å². The van der Waals surface area contributed by atoms with E-state index in [2.05, 4.69) is 20.9 Å². The second-order valence-electron chi connectivity index (χ2n) is 11.3. The summed E-state index contributed by atoms with van der Waals surface area (Å²) in [5, 5.41) is 9.78. The highest BCUT2D eigenvalue weighted by Gasteiger charge is 2.40. The van der Waals surface area contributed by atoms with Gasteiger partial charge in [-0.3, -0.25) is 19.2 Å². The second kappa shape index (κ2) is 12.5. The molecule has 4 atom stereocenters. The summed E-state index contributed by atoms with van der Waals surface area (Å²) in [6.45, 7) is 0.409. The maximum atomic E-state index is 14.0. The lowest BCUT2D eigenvalue weighted by atomic mass is 9.99. The zero-order valence-electron chi connectivity index (χ0n) is 23.8. The minimum atomic E-state index is -0.984. The van der Waals surface area contributed by atoms with Crippen LogP contribution in [-0.4, -0.2) is 64.2 Å². The van der Waals surface area contributed by atoms with Gasteiger partial charge >= 0.3 is 0 Å². The first kappa shape index (κ1) is 28.2. The van der Waals surface area contributed by atoms with Gasteiger partial charge in [-0.15, -0.1) is 0 Å².